The summed E-state index contributed by atoms with van der Waals surface area (Å²) in [4.78, 5) is 0. The van der Waals surface area contributed by atoms with Crippen molar-refractivity contribution >= 4 is 12.2 Å². The molecule has 2 rings (SSSR count). The average molecular weight is 704 g/mol. The zero-order chi connectivity index (χ0) is 36.2. The summed E-state index contributed by atoms with van der Waals surface area (Å²) in [5.41, 5.74) is -27.5. The van der Waals surface area contributed by atoms with Gasteiger partial charge < -0.3 is 14.9 Å². The zero-order valence-electron chi connectivity index (χ0n) is 21.6. The Morgan fingerprint density at radius 2 is 0.826 bits per heavy atom. The Morgan fingerprint density at radius 1 is 0.478 bits per heavy atom. The Balaban J connectivity index is 2.99. The lowest BCUT2D eigenvalue weighted by Gasteiger charge is -2.37. The van der Waals surface area contributed by atoms with Gasteiger partial charge in [0.15, 0.2) is 0 Å². The summed E-state index contributed by atoms with van der Waals surface area (Å²) >= 11 is 0. The van der Waals surface area contributed by atoms with Crippen LogP contribution in [0, 0.1) is 0 Å². The first kappa shape index (κ1) is 38.6. The number of ether oxygens (including phenoxy) is 1. The second-order valence-corrected chi connectivity index (χ2v) is 9.18. The van der Waals surface area contributed by atoms with Crippen molar-refractivity contribution in [2.45, 2.75) is 53.9 Å². The van der Waals surface area contributed by atoms with Crippen LogP contribution in [-0.2, 0) is 21.5 Å². The fraction of sp³-hybridized carbons (Fsp3) is 0.360. The predicted octanol–water partition coefficient (Wildman–Crippen LogP) is 8.96. The summed E-state index contributed by atoms with van der Waals surface area (Å²) in [6.45, 7) is 3.21. The van der Waals surface area contributed by atoms with Crippen molar-refractivity contribution in [2.24, 2.45) is 0 Å². The van der Waals surface area contributed by atoms with E-state index in [1.807, 2.05) is 0 Å². The molecule has 46 heavy (non-hydrogen) atoms. The quantitative estimate of drug-likeness (QED) is 0.224. The smallest absolute Gasteiger partial charge is 0.442 e. The Hall–Kier alpha value is -3.62. The molecule has 0 heterocycles. The lowest BCUT2D eigenvalue weighted by atomic mass is 9.84. The maximum absolute atomic E-state index is 14.0. The second kappa shape index (κ2) is 11.6. The Labute approximate surface area is 244 Å². The largest absolute Gasteiger partial charge is 0.472 e. The molecule has 0 amide bonds. The first-order valence-corrected chi connectivity index (χ1v) is 11.4. The molecule has 0 atom stereocenters. The van der Waals surface area contributed by atoms with Crippen molar-refractivity contribution in [3.63, 3.8) is 0 Å². The molecule has 0 aliphatic heterocycles. The molecule has 0 saturated carbocycles. The van der Waals surface area contributed by atoms with Crippen LogP contribution in [0.2, 0.25) is 0 Å². The van der Waals surface area contributed by atoms with Crippen molar-refractivity contribution < 1.29 is 94.0 Å². The first-order valence-electron chi connectivity index (χ1n) is 11.4. The Bertz CT molecular complexity index is 1320. The molecule has 0 bridgehead atoms. The molecule has 0 aliphatic rings. The van der Waals surface area contributed by atoms with Gasteiger partial charge in [-0.15, -0.1) is 0 Å². The minimum absolute atomic E-state index is 0.0366. The van der Waals surface area contributed by atoms with Crippen LogP contribution < -0.4 is 0 Å². The third kappa shape index (κ3) is 6.34. The van der Waals surface area contributed by atoms with Gasteiger partial charge in [0.05, 0.1) is 6.26 Å². The SMILES string of the molecule is C=Cc1ccc(C(O/C=C/c2cc(C(O)(C(F)(F)F)C(F)(F)F)cc(C(O)(C(F)(F)F)C(F)(F)F)c2)(C(F)(F)F)C(F)(F)F)cc1. The fourth-order valence-corrected chi connectivity index (χ4v) is 3.90. The normalized spacial score (nSPS) is 15.0. The molecular weight excluding hydrogens is 690 g/mol. The van der Waals surface area contributed by atoms with Gasteiger partial charge in [0.25, 0.3) is 11.2 Å². The van der Waals surface area contributed by atoms with Gasteiger partial charge in [0, 0.05) is 16.7 Å². The summed E-state index contributed by atoms with van der Waals surface area (Å²) in [5.74, 6) is 0. The average Bonchev–Trinajstić information content (AvgIpc) is 2.86. The molecule has 0 spiro atoms. The van der Waals surface area contributed by atoms with Crippen molar-refractivity contribution in [3.05, 3.63) is 83.1 Å². The number of halogens is 18. The van der Waals surface area contributed by atoms with E-state index >= 15 is 0 Å². The van der Waals surface area contributed by atoms with Crippen LogP contribution in [0.25, 0.3) is 12.2 Å². The van der Waals surface area contributed by atoms with Crippen LogP contribution in [0.4, 0.5) is 79.0 Å². The molecule has 258 valence electrons. The van der Waals surface area contributed by atoms with Gasteiger partial charge in [-0.3, -0.25) is 0 Å². The molecule has 0 unspecified atom stereocenters. The van der Waals surface area contributed by atoms with E-state index in [4.69, 9.17) is 0 Å². The highest BCUT2D eigenvalue weighted by Crippen LogP contribution is 2.55. The molecule has 0 radical (unpaired) electrons. The lowest BCUT2D eigenvalue weighted by Crippen LogP contribution is -2.55. The minimum atomic E-state index is -6.98. The van der Waals surface area contributed by atoms with E-state index in [1.165, 1.54) is 0 Å². The van der Waals surface area contributed by atoms with Gasteiger partial charge in [-0.25, -0.2) is 0 Å². The molecule has 0 aliphatic carbocycles. The van der Waals surface area contributed by atoms with E-state index in [-0.39, 0.29) is 17.7 Å². The number of benzene rings is 2. The summed E-state index contributed by atoms with van der Waals surface area (Å²) < 4.78 is 249. The van der Waals surface area contributed by atoms with Gasteiger partial charge >= 0.3 is 42.7 Å². The standard InChI is InChI=1S/C25H14F18O3/c1-2-12-3-5-14(6-4-12)19(24(38,39)40,25(41,42)43)46-8-7-13-9-15(17(44,20(26,27)28)21(29,30)31)11-16(10-13)18(45,22(32,33)34)23(35,36)37/h2-11,44-45H,1H2/b8-7+. The lowest BCUT2D eigenvalue weighted by molar-refractivity contribution is -0.378. The molecule has 21 heteroatoms. The molecule has 0 aromatic heterocycles. The molecular formula is C25H14F18O3. The highest BCUT2D eigenvalue weighted by Gasteiger charge is 2.75. The number of alkyl halides is 18. The summed E-state index contributed by atoms with van der Waals surface area (Å²) in [6, 6.07) is -0.771. The monoisotopic (exact) mass is 704 g/mol. The van der Waals surface area contributed by atoms with Crippen molar-refractivity contribution in [3.8, 4) is 0 Å². The van der Waals surface area contributed by atoms with E-state index < -0.39 is 107 Å². The van der Waals surface area contributed by atoms with Crippen LogP contribution in [0.5, 0.6) is 0 Å². The third-order valence-corrected chi connectivity index (χ3v) is 6.29. The third-order valence-electron chi connectivity index (χ3n) is 6.29. The van der Waals surface area contributed by atoms with Crippen molar-refractivity contribution in [2.75, 3.05) is 0 Å². The van der Waals surface area contributed by atoms with E-state index in [9.17, 15) is 89.2 Å². The van der Waals surface area contributed by atoms with Crippen molar-refractivity contribution in [1.82, 2.24) is 0 Å². The van der Waals surface area contributed by atoms with Crippen molar-refractivity contribution in [1.29, 1.82) is 0 Å². The molecule has 3 nitrogen and oxygen atoms in total. The zero-order valence-corrected chi connectivity index (χ0v) is 21.6. The van der Waals surface area contributed by atoms with Gasteiger partial charge in [0.2, 0.25) is 0 Å². The second-order valence-electron chi connectivity index (χ2n) is 9.18. The van der Waals surface area contributed by atoms with Crippen LogP contribution in [-0.4, -0.2) is 47.3 Å². The number of hydrogen-bond donors (Lipinski definition) is 2. The molecule has 0 fully saturated rings. The van der Waals surface area contributed by atoms with Crippen LogP contribution >= 0.6 is 0 Å². The topological polar surface area (TPSA) is 49.7 Å². The number of hydrogen-bond acceptors (Lipinski definition) is 3. The maximum Gasteiger partial charge on any atom is 0.442 e. The summed E-state index contributed by atoms with van der Waals surface area (Å²) in [5, 5.41) is 19.2. The minimum Gasteiger partial charge on any atom is -0.472 e. The van der Waals surface area contributed by atoms with Gasteiger partial charge in [-0.05, 0) is 35.4 Å². The molecule has 2 N–H and O–H groups in total. The van der Waals surface area contributed by atoms with Gasteiger partial charge in [0.1, 0.15) is 0 Å². The van der Waals surface area contributed by atoms with E-state index in [0.717, 1.165) is 6.08 Å². The fourth-order valence-electron chi connectivity index (χ4n) is 3.90. The molecule has 2 aromatic carbocycles. The van der Waals surface area contributed by atoms with Gasteiger partial charge in [-0.1, -0.05) is 36.9 Å². The Kier molecular flexibility index (Phi) is 9.70. The molecule has 0 saturated heterocycles. The predicted molar refractivity (Wildman–Crippen MR) is 119 cm³/mol. The van der Waals surface area contributed by atoms with Crippen LogP contribution in [0.15, 0.2) is 55.3 Å². The van der Waals surface area contributed by atoms with Crippen LogP contribution in [0.3, 0.4) is 0 Å². The highest BCUT2D eigenvalue weighted by atomic mass is 19.4. The summed E-state index contributed by atoms with van der Waals surface area (Å²) in [7, 11) is 0. The summed E-state index contributed by atoms with van der Waals surface area (Å²) in [6.07, 6.45) is -41.1. The van der Waals surface area contributed by atoms with E-state index in [2.05, 4.69) is 11.3 Å². The molecule has 2 aromatic rings. The Morgan fingerprint density at radius 3 is 1.11 bits per heavy atom. The number of rotatable bonds is 7. The maximum atomic E-state index is 14.0. The van der Waals surface area contributed by atoms with Crippen LogP contribution in [0.1, 0.15) is 27.8 Å². The number of aliphatic hydroxyl groups is 2. The van der Waals surface area contributed by atoms with E-state index in [0.29, 0.717) is 12.1 Å². The highest BCUT2D eigenvalue weighted by molar-refractivity contribution is 5.54. The van der Waals surface area contributed by atoms with E-state index in [1.54, 1.807) is 0 Å². The first-order chi connectivity index (χ1) is 20.3. The van der Waals surface area contributed by atoms with Gasteiger partial charge in [-0.2, -0.15) is 79.0 Å².